The standard InChI is InChI=1S/C36H34N2O9S2/c1-24(44-2)32(36(41)47-33(25-15-7-4-8-16-25)26-17-9-5-10-18-26)38-34(40)31(37-30(39)23-46-27-19-11-6-12-20-27)35(38)48-49(42,43)29-22-14-13-21-28(29)45-3/h4-22,31,33,35H,23H2,1-3H3,(H,37,39). The molecule has 1 fully saturated rings. The summed E-state index contributed by atoms with van der Waals surface area (Å²) in [7, 11) is -1.22. The average Bonchev–Trinajstić information content (AvgIpc) is 3.14. The van der Waals surface area contributed by atoms with Gasteiger partial charge in [-0.05, 0) is 42.3 Å². The summed E-state index contributed by atoms with van der Waals surface area (Å²) in [6, 6.07) is 31.3. The maximum absolute atomic E-state index is 14.1. The molecule has 0 radical (unpaired) electrons. The van der Waals surface area contributed by atoms with Crippen LogP contribution < -0.4 is 14.8 Å². The monoisotopic (exact) mass is 702 g/mol. The third-order valence-electron chi connectivity index (χ3n) is 7.54. The number of carbonyl (C=O) groups excluding carboxylic acids is 3. The van der Waals surface area contributed by atoms with Gasteiger partial charge in [-0.1, -0.05) is 91.0 Å². The Kier molecular flexibility index (Phi) is 11.3. The molecule has 0 aliphatic carbocycles. The number of ether oxygens (including phenoxy) is 4. The van der Waals surface area contributed by atoms with Crippen LogP contribution in [0, 0.1) is 0 Å². The van der Waals surface area contributed by atoms with Gasteiger partial charge in [0.25, 0.3) is 11.8 Å². The van der Waals surface area contributed by atoms with Crippen molar-refractivity contribution in [2.75, 3.05) is 20.8 Å². The van der Waals surface area contributed by atoms with Crippen LogP contribution in [0.4, 0.5) is 0 Å². The van der Waals surface area contributed by atoms with E-state index in [9.17, 15) is 22.8 Å². The Labute approximate surface area is 288 Å². The van der Waals surface area contributed by atoms with Crippen molar-refractivity contribution in [3.05, 3.63) is 138 Å². The van der Waals surface area contributed by atoms with Crippen LogP contribution in [-0.2, 0) is 32.7 Å². The second-order valence-corrected chi connectivity index (χ2v) is 14.6. The van der Waals surface area contributed by atoms with E-state index in [2.05, 4.69) is 5.32 Å². The predicted molar refractivity (Wildman–Crippen MR) is 183 cm³/mol. The van der Waals surface area contributed by atoms with E-state index in [1.54, 1.807) is 84.9 Å². The summed E-state index contributed by atoms with van der Waals surface area (Å²) in [5, 5.41) is 1.26. The van der Waals surface area contributed by atoms with Crippen LogP contribution >= 0.6 is 10.8 Å². The number of benzene rings is 4. The van der Waals surface area contributed by atoms with Crippen LogP contribution in [0.2, 0.25) is 0 Å². The molecule has 2 atom stereocenters. The van der Waals surface area contributed by atoms with Gasteiger partial charge < -0.3 is 24.3 Å². The number of esters is 1. The van der Waals surface area contributed by atoms with Crippen molar-refractivity contribution in [3.63, 3.8) is 0 Å². The second-order valence-electron chi connectivity index (χ2n) is 10.7. The highest BCUT2D eigenvalue weighted by Crippen LogP contribution is 2.43. The number of amides is 2. The summed E-state index contributed by atoms with van der Waals surface area (Å²) >= 11 is 0. The molecule has 0 aromatic heterocycles. The lowest BCUT2D eigenvalue weighted by Gasteiger charge is -2.46. The Morgan fingerprint density at radius 1 is 0.837 bits per heavy atom. The molecule has 254 valence electrons. The quantitative estimate of drug-likeness (QED) is 0.0624. The van der Waals surface area contributed by atoms with E-state index in [0.717, 1.165) is 4.90 Å². The molecule has 4 aromatic carbocycles. The third-order valence-corrected chi connectivity index (χ3v) is 11.2. The van der Waals surface area contributed by atoms with E-state index in [1.165, 1.54) is 39.3 Å². The van der Waals surface area contributed by atoms with Crippen molar-refractivity contribution < 1.29 is 41.7 Å². The van der Waals surface area contributed by atoms with E-state index in [-0.39, 0.29) is 22.1 Å². The first-order chi connectivity index (χ1) is 23.6. The maximum atomic E-state index is 14.1. The highest BCUT2D eigenvalue weighted by atomic mass is 33.1. The molecule has 1 saturated heterocycles. The van der Waals surface area contributed by atoms with E-state index in [0.29, 0.717) is 27.7 Å². The second kappa shape index (κ2) is 15.8. The number of hydrogen-bond acceptors (Lipinski definition) is 10. The van der Waals surface area contributed by atoms with Crippen molar-refractivity contribution in [2.45, 2.75) is 29.3 Å². The van der Waals surface area contributed by atoms with Crippen molar-refractivity contribution in [1.29, 1.82) is 0 Å². The molecule has 13 heteroatoms. The minimum atomic E-state index is -4.24. The van der Waals surface area contributed by atoms with Crippen molar-refractivity contribution in [3.8, 4) is 11.5 Å². The van der Waals surface area contributed by atoms with Crippen LogP contribution in [-0.4, -0.2) is 63.3 Å². The van der Waals surface area contributed by atoms with E-state index in [1.807, 2.05) is 12.1 Å². The normalized spacial score (nSPS) is 16.2. The number of nitrogens with one attached hydrogen (secondary N) is 1. The average molecular weight is 703 g/mol. The number of likely N-dealkylation sites (tertiary alicyclic amines) is 1. The third kappa shape index (κ3) is 8.07. The zero-order valence-electron chi connectivity index (χ0n) is 26.8. The summed E-state index contributed by atoms with van der Waals surface area (Å²) < 4.78 is 50.0. The summed E-state index contributed by atoms with van der Waals surface area (Å²) in [5.74, 6) is -1.86. The first-order valence-corrected chi connectivity index (χ1v) is 17.9. The van der Waals surface area contributed by atoms with Gasteiger partial charge >= 0.3 is 5.97 Å². The van der Waals surface area contributed by atoms with Gasteiger partial charge in [0.2, 0.25) is 8.87 Å². The zero-order valence-corrected chi connectivity index (χ0v) is 28.5. The molecule has 5 rings (SSSR count). The van der Waals surface area contributed by atoms with Gasteiger partial charge in [0.15, 0.2) is 18.4 Å². The van der Waals surface area contributed by atoms with Crippen molar-refractivity contribution in [1.82, 2.24) is 10.2 Å². The molecule has 0 bridgehead atoms. The van der Waals surface area contributed by atoms with Gasteiger partial charge in [0, 0.05) is 10.8 Å². The van der Waals surface area contributed by atoms with Gasteiger partial charge in [0.1, 0.15) is 33.6 Å². The zero-order chi connectivity index (χ0) is 35.0. The molecule has 1 aliphatic rings. The molecule has 2 amide bonds. The minimum Gasteiger partial charge on any atom is -0.499 e. The largest absolute Gasteiger partial charge is 0.499 e. The Hall–Kier alpha value is -5.27. The summed E-state index contributed by atoms with van der Waals surface area (Å²) in [5.41, 5.74) is 1.02. The molecular formula is C36H34N2O9S2. The molecule has 1 N–H and O–H groups in total. The molecule has 2 unspecified atom stereocenters. The van der Waals surface area contributed by atoms with Gasteiger partial charge in [-0.3, -0.25) is 14.5 Å². The van der Waals surface area contributed by atoms with Gasteiger partial charge in [0.05, 0.1) is 14.2 Å². The number of carbonyl (C=O) groups is 3. The van der Waals surface area contributed by atoms with Crippen molar-refractivity contribution >= 4 is 37.4 Å². The summed E-state index contributed by atoms with van der Waals surface area (Å²) in [6.45, 7) is 1.02. The fraction of sp³-hybridized carbons (Fsp3) is 0.194. The van der Waals surface area contributed by atoms with Gasteiger partial charge in [-0.25, -0.2) is 13.2 Å². The van der Waals surface area contributed by atoms with E-state index in [4.69, 9.17) is 18.9 Å². The van der Waals surface area contributed by atoms with Crippen LogP contribution in [0.1, 0.15) is 24.2 Å². The molecule has 0 saturated carbocycles. The first kappa shape index (κ1) is 35.0. The number of para-hydroxylation sites is 2. The lowest BCUT2D eigenvalue weighted by atomic mass is 10.0. The van der Waals surface area contributed by atoms with E-state index >= 15 is 0 Å². The van der Waals surface area contributed by atoms with Crippen LogP contribution in [0.25, 0.3) is 0 Å². The van der Waals surface area contributed by atoms with Gasteiger partial charge in [-0.15, -0.1) is 0 Å². The number of hydrogen-bond donors (Lipinski definition) is 1. The molecule has 11 nitrogen and oxygen atoms in total. The molecular weight excluding hydrogens is 669 g/mol. The number of rotatable bonds is 14. The SMILES string of the molecule is COC(C)=C(C(=O)OC(c1ccccc1)c1ccccc1)N1C(=O)C(NC(=O)COc2ccccc2)C1SS(=O)(=O)c1ccccc1OC. The topological polar surface area (TPSA) is 138 Å². The van der Waals surface area contributed by atoms with Gasteiger partial charge in [-0.2, -0.15) is 0 Å². The molecule has 1 heterocycles. The molecule has 1 aliphatic heterocycles. The van der Waals surface area contributed by atoms with Crippen LogP contribution in [0.15, 0.2) is 132 Å². The lowest BCUT2D eigenvalue weighted by Crippen LogP contribution is -2.70. The Bertz CT molecular complexity index is 1880. The highest BCUT2D eigenvalue weighted by molar-refractivity contribution is 8.72. The Morgan fingerprint density at radius 2 is 1.39 bits per heavy atom. The minimum absolute atomic E-state index is 0.00398. The first-order valence-electron chi connectivity index (χ1n) is 15.1. The number of methoxy groups -OCH3 is 2. The molecule has 0 spiro atoms. The van der Waals surface area contributed by atoms with Crippen molar-refractivity contribution in [2.24, 2.45) is 0 Å². The summed E-state index contributed by atoms with van der Waals surface area (Å²) in [6.07, 6.45) is -0.875. The highest BCUT2D eigenvalue weighted by Gasteiger charge is 2.55. The van der Waals surface area contributed by atoms with Crippen LogP contribution in [0.3, 0.4) is 0 Å². The summed E-state index contributed by atoms with van der Waals surface area (Å²) in [4.78, 5) is 41.8. The Balaban J connectivity index is 1.48. The predicted octanol–water partition coefficient (Wildman–Crippen LogP) is 5.06. The molecule has 4 aromatic rings. The fourth-order valence-electron chi connectivity index (χ4n) is 5.08. The number of nitrogens with zero attached hydrogens (tertiary/aromatic N) is 1. The fourth-order valence-corrected chi connectivity index (χ4v) is 8.77. The Morgan fingerprint density at radius 3 is 1.96 bits per heavy atom. The smallest absolute Gasteiger partial charge is 0.359 e. The maximum Gasteiger partial charge on any atom is 0.359 e. The van der Waals surface area contributed by atoms with Crippen LogP contribution in [0.5, 0.6) is 11.5 Å². The molecule has 49 heavy (non-hydrogen) atoms. The van der Waals surface area contributed by atoms with E-state index < -0.39 is 50.8 Å². The number of β-lactam (4-membered cyclic amide) rings is 1. The number of allylic oxidation sites excluding steroid dienone is 1. The lowest BCUT2D eigenvalue weighted by molar-refractivity contribution is -0.155.